The lowest BCUT2D eigenvalue weighted by atomic mass is 10.0. The maximum absolute atomic E-state index is 13.9. The maximum atomic E-state index is 13.9. The number of piperazine rings is 1. The number of piperidine rings is 1. The molecule has 206 valence electrons. The number of aromatic nitrogens is 3. The summed E-state index contributed by atoms with van der Waals surface area (Å²) in [5.74, 6) is 1.37. The monoisotopic (exact) mass is 548 g/mol. The van der Waals surface area contributed by atoms with Crippen molar-refractivity contribution >= 4 is 40.2 Å². The second-order valence-corrected chi connectivity index (χ2v) is 11.4. The van der Waals surface area contributed by atoms with Crippen molar-refractivity contribution in [3.8, 4) is 5.69 Å². The summed E-state index contributed by atoms with van der Waals surface area (Å²) in [6, 6.07) is 10.1. The van der Waals surface area contributed by atoms with E-state index in [0.717, 1.165) is 36.0 Å². The van der Waals surface area contributed by atoms with E-state index in [-0.39, 0.29) is 23.6 Å². The number of hydrogen-bond donors (Lipinski definition) is 0. The molecule has 2 aromatic heterocycles. The third kappa shape index (κ3) is 5.02. The van der Waals surface area contributed by atoms with Crippen molar-refractivity contribution in [2.24, 2.45) is 0 Å². The van der Waals surface area contributed by atoms with Crippen LogP contribution in [0.15, 0.2) is 47.8 Å². The van der Waals surface area contributed by atoms with Gasteiger partial charge in [0.25, 0.3) is 0 Å². The Bertz CT molecular complexity index is 1470. The van der Waals surface area contributed by atoms with Gasteiger partial charge in [-0.05, 0) is 62.8 Å². The Morgan fingerprint density at radius 2 is 1.79 bits per heavy atom. The van der Waals surface area contributed by atoms with Gasteiger partial charge in [-0.2, -0.15) is 4.98 Å². The maximum Gasteiger partial charge on any atom is 0.355 e. The van der Waals surface area contributed by atoms with Gasteiger partial charge in [0.15, 0.2) is 5.65 Å². The van der Waals surface area contributed by atoms with Gasteiger partial charge in [-0.25, -0.2) is 14.3 Å². The Kier molecular flexibility index (Phi) is 7.67. The van der Waals surface area contributed by atoms with E-state index in [0.29, 0.717) is 48.0 Å². The molecular weight excluding hydrogens is 512 g/mol. The van der Waals surface area contributed by atoms with Crippen LogP contribution >= 0.6 is 11.6 Å². The van der Waals surface area contributed by atoms with Gasteiger partial charge in [0.2, 0.25) is 5.91 Å². The minimum Gasteiger partial charge on any atom is -0.353 e. The number of pyridine rings is 1. The second-order valence-electron chi connectivity index (χ2n) is 11.0. The van der Waals surface area contributed by atoms with Gasteiger partial charge in [0.05, 0.1) is 16.1 Å². The summed E-state index contributed by atoms with van der Waals surface area (Å²) in [5.41, 5.74) is 2.00. The molecule has 3 aromatic rings. The smallest absolute Gasteiger partial charge is 0.353 e. The molecule has 0 unspecified atom stereocenters. The summed E-state index contributed by atoms with van der Waals surface area (Å²) < 4.78 is 1.64. The van der Waals surface area contributed by atoms with Crippen LogP contribution in [0.1, 0.15) is 58.4 Å². The number of anilines is 2. The van der Waals surface area contributed by atoms with E-state index in [9.17, 15) is 9.59 Å². The van der Waals surface area contributed by atoms with E-state index >= 15 is 0 Å². The topological polar surface area (TPSA) is 74.6 Å². The minimum absolute atomic E-state index is 0.0582. The van der Waals surface area contributed by atoms with Crippen LogP contribution in [0.3, 0.4) is 0 Å². The highest BCUT2D eigenvalue weighted by atomic mass is 35.5. The molecule has 0 N–H and O–H groups in total. The molecule has 0 radical (unpaired) electrons. The van der Waals surface area contributed by atoms with E-state index in [1.807, 2.05) is 37.3 Å². The summed E-state index contributed by atoms with van der Waals surface area (Å²) in [6.07, 6.45) is 4.68. The van der Waals surface area contributed by atoms with Crippen LogP contribution in [0.25, 0.3) is 16.7 Å². The van der Waals surface area contributed by atoms with Gasteiger partial charge in [0.1, 0.15) is 11.6 Å². The van der Waals surface area contributed by atoms with Gasteiger partial charge < -0.3 is 14.7 Å². The molecule has 8 nitrogen and oxygen atoms in total. The first-order valence-electron chi connectivity index (χ1n) is 13.9. The molecule has 0 saturated carbocycles. The standard InChI is InChI=1S/C30H37ClN6O2/c1-6-26(38)34-15-16-36(21(5)18-34)27-23-17-24(31)29(35-14-10-9-11-20(35)4)32-28(23)37(30(39)33-27)25-13-8-7-12-22(25)19(2)3/h6-8,12-13,17,19-21H,1,9-11,14-16,18H2,2-5H3/t20-,21-/m0/s1. The number of halogens is 1. The van der Waals surface area contributed by atoms with E-state index in [2.05, 4.69) is 42.1 Å². The number of carbonyl (C=O) groups excluding carboxylic acids is 1. The van der Waals surface area contributed by atoms with Crippen LogP contribution in [0.4, 0.5) is 11.6 Å². The second kappa shape index (κ2) is 11.0. The van der Waals surface area contributed by atoms with Gasteiger partial charge >= 0.3 is 5.69 Å². The summed E-state index contributed by atoms with van der Waals surface area (Å²) >= 11 is 6.95. The lowest BCUT2D eigenvalue weighted by Crippen LogP contribution is -2.54. The molecule has 0 aliphatic carbocycles. The van der Waals surface area contributed by atoms with Gasteiger partial charge in [-0.15, -0.1) is 0 Å². The van der Waals surface area contributed by atoms with E-state index < -0.39 is 0 Å². The predicted molar refractivity (Wildman–Crippen MR) is 158 cm³/mol. The molecular formula is C30H37ClN6O2. The van der Waals surface area contributed by atoms with Crippen molar-refractivity contribution in [3.63, 3.8) is 0 Å². The summed E-state index contributed by atoms with van der Waals surface area (Å²) in [7, 11) is 0. The molecule has 2 atom stereocenters. The molecule has 2 fully saturated rings. The highest BCUT2D eigenvalue weighted by Gasteiger charge is 2.31. The number of hydrogen-bond acceptors (Lipinski definition) is 6. The molecule has 1 amide bonds. The molecule has 2 aliphatic heterocycles. The number of amides is 1. The predicted octanol–water partition coefficient (Wildman–Crippen LogP) is 5.16. The van der Waals surface area contributed by atoms with E-state index in [1.165, 1.54) is 12.5 Å². The number of carbonyl (C=O) groups is 1. The molecule has 5 rings (SSSR count). The average molecular weight is 549 g/mol. The summed E-state index contributed by atoms with van der Waals surface area (Å²) in [6.45, 7) is 14.5. The zero-order chi connectivity index (χ0) is 27.8. The normalized spacial score (nSPS) is 20.1. The fraction of sp³-hybridized carbons (Fsp3) is 0.467. The Labute approximate surface area is 234 Å². The van der Waals surface area contributed by atoms with Crippen LogP contribution in [0.2, 0.25) is 5.02 Å². The van der Waals surface area contributed by atoms with Crippen molar-refractivity contribution in [2.75, 3.05) is 36.0 Å². The van der Waals surface area contributed by atoms with Crippen LogP contribution in [0.5, 0.6) is 0 Å². The zero-order valence-electron chi connectivity index (χ0n) is 23.2. The van der Waals surface area contributed by atoms with Crippen LogP contribution in [0, 0.1) is 0 Å². The van der Waals surface area contributed by atoms with Crippen molar-refractivity contribution in [1.29, 1.82) is 0 Å². The number of benzene rings is 1. The third-order valence-corrected chi connectivity index (χ3v) is 8.32. The molecule has 0 spiro atoms. The first-order valence-corrected chi connectivity index (χ1v) is 14.3. The molecule has 1 aromatic carbocycles. The SMILES string of the molecule is C=CC(=O)N1CCN(c2nc(=O)n(-c3ccccc3C(C)C)c3nc(N4CCCC[C@@H]4C)c(Cl)cc23)[C@@H](C)C1. The first-order chi connectivity index (χ1) is 18.7. The van der Waals surface area contributed by atoms with Gasteiger partial charge in [0, 0.05) is 38.3 Å². The summed E-state index contributed by atoms with van der Waals surface area (Å²) in [4.78, 5) is 42.1. The number of nitrogens with zero attached hydrogens (tertiary/aromatic N) is 6. The fourth-order valence-electron chi connectivity index (χ4n) is 5.93. The van der Waals surface area contributed by atoms with Crippen molar-refractivity contribution in [1.82, 2.24) is 19.4 Å². The number of rotatable bonds is 5. The molecule has 0 bridgehead atoms. The quantitative estimate of drug-likeness (QED) is 0.410. The van der Waals surface area contributed by atoms with Crippen LogP contribution in [-0.2, 0) is 4.79 Å². The molecule has 2 aliphatic rings. The van der Waals surface area contributed by atoms with Crippen molar-refractivity contribution < 1.29 is 4.79 Å². The first kappa shape index (κ1) is 27.2. The van der Waals surface area contributed by atoms with E-state index in [1.54, 1.807) is 9.47 Å². The lowest BCUT2D eigenvalue weighted by Gasteiger charge is -2.40. The van der Waals surface area contributed by atoms with Crippen LogP contribution < -0.4 is 15.5 Å². The minimum atomic E-state index is -0.380. The molecule has 9 heteroatoms. The van der Waals surface area contributed by atoms with Gasteiger partial charge in [-0.3, -0.25) is 4.79 Å². The Morgan fingerprint density at radius 3 is 2.49 bits per heavy atom. The number of fused-ring (bicyclic) bond motifs is 1. The lowest BCUT2D eigenvalue weighted by molar-refractivity contribution is -0.126. The zero-order valence-corrected chi connectivity index (χ0v) is 24.0. The highest BCUT2D eigenvalue weighted by molar-refractivity contribution is 6.33. The Balaban J connectivity index is 1.73. The molecule has 2 saturated heterocycles. The van der Waals surface area contributed by atoms with Gasteiger partial charge in [-0.1, -0.05) is 50.2 Å². The van der Waals surface area contributed by atoms with Crippen LogP contribution in [-0.4, -0.2) is 63.6 Å². The Hall–Kier alpha value is -3.39. The van der Waals surface area contributed by atoms with E-state index in [4.69, 9.17) is 16.6 Å². The largest absolute Gasteiger partial charge is 0.355 e. The highest BCUT2D eigenvalue weighted by Crippen LogP contribution is 2.36. The third-order valence-electron chi connectivity index (χ3n) is 8.04. The average Bonchev–Trinajstić information content (AvgIpc) is 2.92. The fourth-order valence-corrected chi connectivity index (χ4v) is 6.19. The molecule has 39 heavy (non-hydrogen) atoms. The number of para-hydroxylation sites is 1. The Morgan fingerprint density at radius 1 is 1.05 bits per heavy atom. The van der Waals surface area contributed by atoms with Crippen molar-refractivity contribution in [3.05, 3.63) is 64.1 Å². The molecule has 4 heterocycles. The van der Waals surface area contributed by atoms with Crippen molar-refractivity contribution in [2.45, 2.75) is 65.0 Å². The summed E-state index contributed by atoms with van der Waals surface area (Å²) in [5, 5.41) is 1.27.